The number of carbonyl (C=O) groups excluding carboxylic acids is 3. The Labute approximate surface area is 162 Å². The van der Waals surface area contributed by atoms with Crippen molar-refractivity contribution in [3.63, 3.8) is 0 Å². The Kier molecular flexibility index (Phi) is 5.67. The minimum absolute atomic E-state index is 0.102. The van der Waals surface area contributed by atoms with Gasteiger partial charge in [0.25, 0.3) is 5.91 Å². The molecule has 1 unspecified atom stereocenters. The topological polar surface area (TPSA) is 130 Å². The van der Waals surface area contributed by atoms with Crippen LogP contribution in [0.2, 0.25) is 0 Å². The average Bonchev–Trinajstić information content (AvgIpc) is 3.34. The number of H-pyrrole nitrogens is 1. The number of thiazole rings is 1. The number of nitrogens with one attached hydrogen (secondary N) is 3. The van der Waals surface area contributed by atoms with Crippen molar-refractivity contribution in [3.8, 4) is 11.3 Å². The van der Waals surface area contributed by atoms with Crippen LogP contribution in [0.15, 0.2) is 35.2 Å². The van der Waals surface area contributed by atoms with Crippen LogP contribution in [0.1, 0.15) is 34.8 Å². The number of hydrogen-bond acceptors (Lipinski definition) is 6. The lowest BCUT2D eigenvalue weighted by atomic mass is 10.1. The van der Waals surface area contributed by atoms with E-state index < -0.39 is 5.91 Å². The van der Waals surface area contributed by atoms with Crippen LogP contribution in [0.25, 0.3) is 11.3 Å². The summed E-state index contributed by atoms with van der Waals surface area (Å²) in [6.07, 6.45) is 1.73. The van der Waals surface area contributed by atoms with Crippen molar-refractivity contribution in [3.05, 3.63) is 45.7 Å². The smallest absolute Gasteiger partial charge is 0.265 e. The van der Waals surface area contributed by atoms with Gasteiger partial charge in [-0.2, -0.15) is 0 Å². The summed E-state index contributed by atoms with van der Waals surface area (Å²) in [4.78, 5) is 43.0. The highest BCUT2D eigenvalue weighted by atomic mass is 32.1. The van der Waals surface area contributed by atoms with Crippen molar-refractivity contribution in [1.82, 2.24) is 15.3 Å². The molecule has 8 nitrogen and oxygen atoms in total. The number of anilines is 1. The normalized spacial score (nSPS) is 11.7. The number of aromatic nitrogens is 2. The Morgan fingerprint density at radius 1 is 1.33 bits per heavy atom. The van der Waals surface area contributed by atoms with Crippen LogP contribution < -0.4 is 16.4 Å². The molecule has 0 saturated heterocycles. The second-order valence-electron chi connectivity index (χ2n) is 5.73. The van der Waals surface area contributed by atoms with E-state index in [1.54, 1.807) is 17.6 Å². The van der Waals surface area contributed by atoms with E-state index in [4.69, 9.17) is 5.73 Å². The van der Waals surface area contributed by atoms with Gasteiger partial charge in [0.15, 0.2) is 5.13 Å². The second kappa shape index (κ2) is 8.14. The molecule has 0 aliphatic rings. The Bertz CT molecular complexity index is 961. The summed E-state index contributed by atoms with van der Waals surface area (Å²) in [7, 11) is 0. The molecular weight excluding hydrogens is 386 g/mol. The Morgan fingerprint density at radius 3 is 2.78 bits per heavy atom. The molecule has 0 saturated carbocycles. The van der Waals surface area contributed by atoms with Crippen molar-refractivity contribution in [2.24, 2.45) is 5.73 Å². The molecule has 1 atom stereocenters. The number of aromatic amines is 1. The first kappa shape index (κ1) is 18.8. The first-order valence-electron chi connectivity index (χ1n) is 7.97. The molecule has 3 aromatic heterocycles. The first-order chi connectivity index (χ1) is 12.9. The highest BCUT2D eigenvalue weighted by Crippen LogP contribution is 2.27. The number of nitrogens with two attached hydrogens (primary N) is 1. The van der Waals surface area contributed by atoms with E-state index in [-0.39, 0.29) is 30.0 Å². The number of nitrogens with zero attached hydrogens (tertiary/aromatic N) is 1. The molecular formula is C17H17N5O3S2. The van der Waals surface area contributed by atoms with Crippen LogP contribution in [0.4, 0.5) is 5.13 Å². The summed E-state index contributed by atoms with van der Waals surface area (Å²) in [6, 6.07) is 4.97. The van der Waals surface area contributed by atoms with Crippen molar-refractivity contribution in [1.29, 1.82) is 0 Å². The lowest BCUT2D eigenvalue weighted by molar-refractivity contribution is -0.120. The van der Waals surface area contributed by atoms with Gasteiger partial charge in [-0.25, -0.2) is 4.98 Å². The van der Waals surface area contributed by atoms with Crippen LogP contribution in [-0.2, 0) is 9.59 Å². The number of amides is 3. The zero-order chi connectivity index (χ0) is 19.4. The predicted octanol–water partition coefficient (Wildman–Crippen LogP) is 2.50. The van der Waals surface area contributed by atoms with Gasteiger partial charge in [0.1, 0.15) is 5.69 Å². The molecule has 3 aromatic rings. The molecule has 3 amide bonds. The molecule has 27 heavy (non-hydrogen) atoms. The van der Waals surface area contributed by atoms with Crippen molar-refractivity contribution in [2.45, 2.75) is 19.4 Å². The standard InChI is InChI=1S/C17H17N5O3S2/c1-9(23)20-11(14-3-2-4-26-14)6-15(24)22-17-21-13(8-27-17)10-5-12(16(18)25)19-7-10/h2-5,7-8,11,19H,6H2,1H3,(H2,18,25)(H,20,23)(H,21,22,24). The lowest BCUT2D eigenvalue weighted by Gasteiger charge is -2.15. The fraction of sp³-hybridized carbons (Fsp3) is 0.176. The molecule has 3 heterocycles. The first-order valence-corrected chi connectivity index (χ1v) is 9.73. The maximum absolute atomic E-state index is 12.4. The fourth-order valence-electron chi connectivity index (χ4n) is 2.46. The summed E-state index contributed by atoms with van der Waals surface area (Å²) in [5.74, 6) is -1.01. The van der Waals surface area contributed by atoms with E-state index in [0.717, 1.165) is 4.88 Å². The van der Waals surface area contributed by atoms with Gasteiger partial charge in [-0.15, -0.1) is 22.7 Å². The average molecular weight is 403 g/mol. The van der Waals surface area contributed by atoms with E-state index in [1.807, 2.05) is 17.5 Å². The Morgan fingerprint density at radius 2 is 2.15 bits per heavy atom. The van der Waals surface area contributed by atoms with E-state index in [0.29, 0.717) is 16.4 Å². The Hall–Kier alpha value is -2.98. The highest BCUT2D eigenvalue weighted by Gasteiger charge is 2.19. The van der Waals surface area contributed by atoms with E-state index in [9.17, 15) is 14.4 Å². The quantitative estimate of drug-likeness (QED) is 0.483. The van der Waals surface area contributed by atoms with Gasteiger partial charge in [-0.1, -0.05) is 6.07 Å². The summed E-state index contributed by atoms with van der Waals surface area (Å²) >= 11 is 2.75. The van der Waals surface area contributed by atoms with Gasteiger partial charge in [-0.3, -0.25) is 14.4 Å². The van der Waals surface area contributed by atoms with E-state index >= 15 is 0 Å². The molecule has 0 fully saturated rings. The Balaban J connectivity index is 1.66. The molecule has 140 valence electrons. The molecule has 0 aliphatic carbocycles. The molecule has 3 rings (SSSR count). The fourth-order valence-corrected chi connectivity index (χ4v) is 3.98. The van der Waals surface area contributed by atoms with Crippen molar-refractivity contribution >= 4 is 45.5 Å². The number of rotatable bonds is 7. The maximum Gasteiger partial charge on any atom is 0.265 e. The third kappa shape index (κ3) is 4.80. The molecule has 0 radical (unpaired) electrons. The number of primary amides is 1. The van der Waals surface area contributed by atoms with Crippen LogP contribution in [0.3, 0.4) is 0 Å². The van der Waals surface area contributed by atoms with Gasteiger partial charge in [0.2, 0.25) is 11.8 Å². The predicted molar refractivity (Wildman–Crippen MR) is 105 cm³/mol. The molecule has 10 heteroatoms. The summed E-state index contributed by atoms with van der Waals surface area (Å²) in [5.41, 5.74) is 6.84. The minimum Gasteiger partial charge on any atom is -0.364 e. The minimum atomic E-state index is -0.553. The van der Waals surface area contributed by atoms with Gasteiger partial charge in [0, 0.05) is 28.9 Å². The van der Waals surface area contributed by atoms with Crippen LogP contribution >= 0.6 is 22.7 Å². The number of thiophene rings is 1. The van der Waals surface area contributed by atoms with E-state index in [1.165, 1.54) is 29.6 Å². The van der Waals surface area contributed by atoms with Gasteiger partial charge >= 0.3 is 0 Å². The molecule has 5 N–H and O–H groups in total. The monoisotopic (exact) mass is 403 g/mol. The summed E-state index contributed by atoms with van der Waals surface area (Å²) in [6.45, 7) is 1.42. The highest BCUT2D eigenvalue weighted by molar-refractivity contribution is 7.14. The van der Waals surface area contributed by atoms with Gasteiger partial charge < -0.3 is 21.4 Å². The van der Waals surface area contributed by atoms with Gasteiger partial charge in [-0.05, 0) is 17.5 Å². The third-order valence-electron chi connectivity index (χ3n) is 3.65. The SMILES string of the molecule is CC(=O)NC(CC(=O)Nc1nc(-c2c[nH]c(C(N)=O)c2)cs1)c1cccs1. The van der Waals surface area contributed by atoms with Gasteiger partial charge in [0.05, 0.1) is 18.2 Å². The largest absolute Gasteiger partial charge is 0.364 e. The molecule has 0 aliphatic heterocycles. The molecule has 0 bridgehead atoms. The molecule has 0 spiro atoms. The zero-order valence-electron chi connectivity index (χ0n) is 14.3. The van der Waals surface area contributed by atoms with Crippen molar-refractivity contribution < 1.29 is 14.4 Å². The number of hydrogen-bond donors (Lipinski definition) is 4. The van der Waals surface area contributed by atoms with Crippen LogP contribution in [0.5, 0.6) is 0 Å². The van der Waals surface area contributed by atoms with E-state index in [2.05, 4.69) is 20.6 Å². The zero-order valence-corrected chi connectivity index (χ0v) is 15.9. The third-order valence-corrected chi connectivity index (χ3v) is 5.39. The summed E-state index contributed by atoms with van der Waals surface area (Å²) < 4.78 is 0. The van der Waals surface area contributed by atoms with Crippen LogP contribution in [-0.4, -0.2) is 27.7 Å². The molecule has 0 aromatic carbocycles. The number of carbonyl (C=O) groups is 3. The van der Waals surface area contributed by atoms with Crippen molar-refractivity contribution in [2.75, 3.05) is 5.32 Å². The second-order valence-corrected chi connectivity index (χ2v) is 7.56. The maximum atomic E-state index is 12.4. The summed E-state index contributed by atoms with van der Waals surface area (Å²) in [5, 5.41) is 9.64. The van der Waals surface area contributed by atoms with Crippen LogP contribution in [0, 0.1) is 0 Å². The lowest BCUT2D eigenvalue weighted by Crippen LogP contribution is -2.29.